The Morgan fingerprint density at radius 1 is 1.15 bits per heavy atom. The minimum Gasteiger partial charge on any atom is -0.274 e. The lowest BCUT2D eigenvalue weighted by atomic mass is 9.99. The number of aromatic nitrogens is 2. The molecule has 140 valence electrons. The van der Waals surface area contributed by atoms with Gasteiger partial charge in [0.2, 0.25) is 0 Å². The maximum absolute atomic E-state index is 13.6. The van der Waals surface area contributed by atoms with Crippen LogP contribution in [0.1, 0.15) is 18.9 Å². The second kappa shape index (κ2) is 6.49. The second-order valence-corrected chi connectivity index (χ2v) is 8.63. The first-order valence-corrected chi connectivity index (χ1v) is 10.2. The van der Waals surface area contributed by atoms with Crippen LogP contribution in [0, 0.1) is 5.82 Å². The van der Waals surface area contributed by atoms with E-state index in [2.05, 4.69) is 5.10 Å². The fourth-order valence-corrected chi connectivity index (χ4v) is 5.53. The van der Waals surface area contributed by atoms with E-state index in [0.29, 0.717) is 29.8 Å². The molecular weight excluding hydrogens is 365 g/mol. The van der Waals surface area contributed by atoms with Gasteiger partial charge < -0.3 is 0 Å². The molecule has 2 aromatic carbocycles. The number of fused-ring (bicyclic) bond motifs is 1. The molecule has 0 aliphatic carbocycles. The van der Waals surface area contributed by atoms with E-state index in [0.717, 1.165) is 5.56 Å². The fourth-order valence-electron chi connectivity index (χ4n) is 3.61. The van der Waals surface area contributed by atoms with Gasteiger partial charge in [0.1, 0.15) is 16.4 Å². The first kappa shape index (κ1) is 17.7. The van der Waals surface area contributed by atoms with Gasteiger partial charge in [-0.1, -0.05) is 30.3 Å². The van der Waals surface area contributed by atoms with E-state index in [-0.39, 0.29) is 16.8 Å². The average Bonchev–Trinajstić information content (AvgIpc) is 3.05. The topological polar surface area (TPSA) is 55.2 Å². The van der Waals surface area contributed by atoms with Gasteiger partial charge in [0.05, 0.1) is 5.69 Å². The van der Waals surface area contributed by atoms with E-state index in [1.54, 1.807) is 13.1 Å². The van der Waals surface area contributed by atoms with Crippen LogP contribution in [0.5, 0.6) is 0 Å². The molecule has 0 amide bonds. The van der Waals surface area contributed by atoms with Crippen molar-refractivity contribution in [1.82, 2.24) is 9.78 Å². The second-order valence-electron chi connectivity index (χ2n) is 6.84. The summed E-state index contributed by atoms with van der Waals surface area (Å²) < 4.78 is 43.8. The van der Waals surface area contributed by atoms with Crippen molar-refractivity contribution in [3.05, 3.63) is 66.1 Å². The third-order valence-electron chi connectivity index (χ3n) is 4.89. The Bertz CT molecular complexity index is 1090. The van der Waals surface area contributed by atoms with Crippen LogP contribution in [-0.4, -0.2) is 24.2 Å². The number of benzene rings is 2. The van der Waals surface area contributed by atoms with Crippen LogP contribution in [0.4, 0.5) is 10.1 Å². The average molecular weight is 385 g/mol. The predicted molar refractivity (Wildman–Crippen MR) is 102 cm³/mol. The molecule has 0 N–H and O–H groups in total. The summed E-state index contributed by atoms with van der Waals surface area (Å²) in [5.74, 6) is -0.355. The van der Waals surface area contributed by atoms with Crippen LogP contribution in [0.3, 0.4) is 0 Å². The van der Waals surface area contributed by atoms with Crippen molar-refractivity contribution in [2.24, 2.45) is 7.05 Å². The zero-order chi connectivity index (χ0) is 19.2. The molecule has 4 rings (SSSR count). The molecule has 0 saturated carbocycles. The number of nitrogens with zero attached hydrogens (tertiary/aromatic N) is 3. The Labute approximate surface area is 158 Å². The first-order chi connectivity index (χ1) is 12.9. The van der Waals surface area contributed by atoms with Gasteiger partial charge in [-0.2, -0.15) is 5.10 Å². The van der Waals surface area contributed by atoms with E-state index in [4.69, 9.17) is 0 Å². The summed E-state index contributed by atoms with van der Waals surface area (Å²) in [5, 5.41) is 4.39. The highest BCUT2D eigenvalue weighted by Gasteiger charge is 2.36. The lowest BCUT2D eigenvalue weighted by molar-refractivity contribution is 0.560. The number of hydrogen-bond donors (Lipinski definition) is 0. The number of rotatable bonds is 3. The molecule has 1 unspecified atom stereocenters. The van der Waals surface area contributed by atoms with Crippen LogP contribution in [0.25, 0.3) is 11.3 Å². The summed E-state index contributed by atoms with van der Waals surface area (Å²) in [5.41, 5.74) is 2.40. The van der Waals surface area contributed by atoms with Crippen molar-refractivity contribution in [1.29, 1.82) is 0 Å². The van der Waals surface area contributed by atoms with Crippen LogP contribution in [0.15, 0.2) is 59.6 Å². The highest BCUT2D eigenvalue weighted by molar-refractivity contribution is 7.93. The maximum Gasteiger partial charge on any atom is 0.268 e. The Balaban J connectivity index is 1.89. The quantitative estimate of drug-likeness (QED) is 0.690. The molecule has 0 radical (unpaired) electrons. The minimum atomic E-state index is -3.87. The molecule has 0 saturated heterocycles. The van der Waals surface area contributed by atoms with Gasteiger partial charge in [0, 0.05) is 24.8 Å². The molecule has 27 heavy (non-hydrogen) atoms. The summed E-state index contributed by atoms with van der Waals surface area (Å²) >= 11 is 0. The van der Waals surface area contributed by atoms with Gasteiger partial charge in [0.15, 0.2) is 0 Å². The molecule has 0 spiro atoms. The van der Waals surface area contributed by atoms with Crippen LogP contribution >= 0.6 is 0 Å². The third-order valence-corrected chi connectivity index (χ3v) is 6.82. The van der Waals surface area contributed by atoms with E-state index in [1.807, 2.05) is 37.3 Å². The van der Waals surface area contributed by atoms with E-state index in [1.165, 1.54) is 27.3 Å². The van der Waals surface area contributed by atoms with Crippen molar-refractivity contribution in [3.8, 4) is 11.3 Å². The van der Waals surface area contributed by atoms with Gasteiger partial charge in [-0.15, -0.1) is 0 Å². The molecule has 2 heterocycles. The van der Waals surface area contributed by atoms with Crippen LogP contribution in [-0.2, 0) is 23.5 Å². The molecular formula is C20H20FN3O2S. The van der Waals surface area contributed by atoms with Gasteiger partial charge in [-0.05, 0) is 43.5 Å². The molecule has 0 fully saturated rings. The van der Waals surface area contributed by atoms with Gasteiger partial charge in [-0.25, -0.2) is 12.8 Å². The van der Waals surface area contributed by atoms with Crippen LogP contribution in [0.2, 0.25) is 0 Å². The molecule has 3 aromatic rings. The normalized spacial score (nSPS) is 17.0. The highest BCUT2D eigenvalue weighted by Crippen LogP contribution is 2.38. The van der Waals surface area contributed by atoms with Crippen molar-refractivity contribution in [2.75, 3.05) is 4.31 Å². The Kier molecular flexibility index (Phi) is 4.26. The Hall–Kier alpha value is -2.67. The third kappa shape index (κ3) is 3.02. The van der Waals surface area contributed by atoms with Gasteiger partial charge in [0.25, 0.3) is 10.0 Å². The highest BCUT2D eigenvalue weighted by atomic mass is 32.2. The Morgan fingerprint density at radius 3 is 2.63 bits per heavy atom. The molecule has 1 aliphatic rings. The van der Waals surface area contributed by atoms with E-state index < -0.39 is 10.0 Å². The molecule has 1 atom stereocenters. The van der Waals surface area contributed by atoms with Crippen molar-refractivity contribution < 1.29 is 12.8 Å². The maximum atomic E-state index is 13.6. The van der Waals surface area contributed by atoms with Gasteiger partial charge >= 0.3 is 0 Å². The lowest BCUT2D eigenvalue weighted by Crippen LogP contribution is -2.42. The standard InChI is InChI=1S/C20H20FN3O2S/c1-14-8-9-16-12-17(21)10-11-18(16)24(14)27(25,26)19-13-23(2)22-20(19)15-6-4-3-5-7-15/h3-7,10-14H,8-9H2,1-2H3. The molecule has 1 aliphatic heterocycles. The Morgan fingerprint density at radius 2 is 1.89 bits per heavy atom. The lowest BCUT2D eigenvalue weighted by Gasteiger charge is -2.35. The van der Waals surface area contributed by atoms with Crippen LogP contribution < -0.4 is 4.31 Å². The summed E-state index contributed by atoms with van der Waals surface area (Å²) in [4.78, 5) is 0.153. The number of aryl methyl sites for hydroxylation is 2. The molecule has 5 nitrogen and oxygen atoms in total. The zero-order valence-electron chi connectivity index (χ0n) is 15.1. The summed E-state index contributed by atoms with van der Waals surface area (Å²) in [6.07, 6.45) is 2.82. The largest absolute Gasteiger partial charge is 0.274 e. The fraction of sp³-hybridized carbons (Fsp3) is 0.250. The minimum absolute atomic E-state index is 0.153. The number of halogens is 1. The number of hydrogen-bond acceptors (Lipinski definition) is 3. The molecule has 7 heteroatoms. The zero-order valence-corrected chi connectivity index (χ0v) is 15.9. The predicted octanol–water partition coefficient (Wildman–Crippen LogP) is 3.76. The van der Waals surface area contributed by atoms with Crippen molar-refractivity contribution in [2.45, 2.75) is 30.7 Å². The van der Waals surface area contributed by atoms with E-state index >= 15 is 0 Å². The molecule has 1 aromatic heterocycles. The number of anilines is 1. The SMILES string of the molecule is CC1CCc2cc(F)ccc2N1S(=O)(=O)c1cn(C)nc1-c1ccccc1. The smallest absolute Gasteiger partial charge is 0.268 e. The first-order valence-electron chi connectivity index (χ1n) is 8.80. The van der Waals surface area contributed by atoms with Crippen molar-refractivity contribution in [3.63, 3.8) is 0 Å². The van der Waals surface area contributed by atoms with Crippen molar-refractivity contribution >= 4 is 15.7 Å². The molecule has 0 bridgehead atoms. The summed E-state index contributed by atoms with van der Waals surface area (Å²) in [6.45, 7) is 1.88. The number of sulfonamides is 1. The van der Waals surface area contributed by atoms with Gasteiger partial charge in [-0.3, -0.25) is 8.99 Å². The monoisotopic (exact) mass is 385 g/mol. The van der Waals surface area contributed by atoms with E-state index in [9.17, 15) is 12.8 Å². The summed E-state index contributed by atoms with van der Waals surface area (Å²) in [6, 6.07) is 13.3. The summed E-state index contributed by atoms with van der Waals surface area (Å²) in [7, 11) is -2.17.